The van der Waals surface area contributed by atoms with Crippen LogP contribution in [0, 0.1) is 0 Å². The third kappa shape index (κ3) is 4.51. The summed E-state index contributed by atoms with van der Waals surface area (Å²) in [6.07, 6.45) is 5.25. The fourth-order valence-electron chi connectivity index (χ4n) is 2.46. The predicted molar refractivity (Wildman–Crippen MR) is 78.5 cm³/mol. The molecule has 0 atom stereocenters. The molecule has 20 heavy (non-hydrogen) atoms. The third-order valence-electron chi connectivity index (χ3n) is 3.60. The first-order valence-corrected chi connectivity index (χ1v) is 7.26. The molecule has 1 fully saturated rings. The molecule has 1 aliphatic rings. The van der Waals surface area contributed by atoms with Gasteiger partial charge in [-0.3, -0.25) is 15.1 Å². The Morgan fingerprint density at radius 3 is 2.70 bits per heavy atom. The van der Waals surface area contributed by atoms with Crippen LogP contribution in [0.1, 0.15) is 36.0 Å². The fourth-order valence-corrected chi connectivity index (χ4v) is 2.46. The van der Waals surface area contributed by atoms with Crippen molar-refractivity contribution < 1.29 is 9.53 Å². The summed E-state index contributed by atoms with van der Waals surface area (Å²) >= 11 is 0. The van der Waals surface area contributed by atoms with Gasteiger partial charge in [0.15, 0.2) is 0 Å². The van der Waals surface area contributed by atoms with Gasteiger partial charge in [-0.2, -0.15) is 0 Å². The minimum atomic E-state index is -0.303. The number of hydrazine groups is 1. The van der Waals surface area contributed by atoms with Gasteiger partial charge in [0, 0.05) is 12.1 Å². The molecule has 1 aromatic carbocycles. The number of hydrogen-bond acceptors (Lipinski definition) is 4. The topological polar surface area (TPSA) is 67.6 Å². The molecule has 0 unspecified atom stereocenters. The van der Waals surface area contributed by atoms with Crippen molar-refractivity contribution in [2.24, 2.45) is 5.84 Å². The molecular formula is C15H23N3O2. The molecule has 0 aromatic heterocycles. The summed E-state index contributed by atoms with van der Waals surface area (Å²) in [5, 5.41) is 0. The Morgan fingerprint density at radius 2 is 2.00 bits per heavy atom. The van der Waals surface area contributed by atoms with E-state index in [2.05, 4.69) is 10.3 Å². The Labute approximate surface area is 120 Å². The van der Waals surface area contributed by atoms with Crippen molar-refractivity contribution in [3.8, 4) is 5.75 Å². The Kier molecular flexibility index (Phi) is 5.83. The lowest BCUT2D eigenvalue weighted by molar-refractivity contribution is 0.0953. The normalized spacial score (nSPS) is 16.4. The maximum atomic E-state index is 11.4. The quantitative estimate of drug-likeness (QED) is 0.487. The summed E-state index contributed by atoms with van der Waals surface area (Å²) < 4.78 is 5.72. The second-order valence-electron chi connectivity index (χ2n) is 5.11. The maximum absolute atomic E-state index is 11.4. The summed E-state index contributed by atoms with van der Waals surface area (Å²) in [6.45, 7) is 3.92. The molecule has 3 N–H and O–H groups in total. The predicted octanol–water partition coefficient (Wildman–Crippen LogP) is 1.54. The highest BCUT2D eigenvalue weighted by atomic mass is 16.5. The Hall–Kier alpha value is -1.59. The number of nitrogen functional groups attached to an aromatic ring is 1. The van der Waals surface area contributed by atoms with Crippen molar-refractivity contribution in [3.63, 3.8) is 0 Å². The SMILES string of the molecule is NNC(=O)c1cccc(OCCN2CCCCCC2)c1. The summed E-state index contributed by atoms with van der Waals surface area (Å²) in [4.78, 5) is 13.9. The van der Waals surface area contributed by atoms with Crippen LogP contribution in [0.25, 0.3) is 0 Å². The van der Waals surface area contributed by atoms with Crippen LogP contribution in [-0.4, -0.2) is 37.0 Å². The highest BCUT2D eigenvalue weighted by Gasteiger charge is 2.09. The van der Waals surface area contributed by atoms with Crippen LogP contribution in [0.2, 0.25) is 0 Å². The number of carbonyl (C=O) groups excluding carboxylic acids is 1. The summed E-state index contributed by atoms with van der Waals surface area (Å²) in [7, 11) is 0. The molecule has 1 aliphatic heterocycles. The fraction of sp³-hybridized carbons (Fsp3) is 0.533. The molecule has 110 valence electrons. The maximum Gasteiger partial charge on any atom is 0.265 e. The van der Waals surface area contributed by atoms with Gasteiger partial charge in [-0.25, -0.2) is 5.84 Å². The summed E-state index contributed by atoms with van der Waals surface area (Å²) in [6, 6.07) is 7.08. The van der Waals surface area contributed by atoms with Gasteiger partial charge in [0.2, 0.25) is 0 Å². The van der Waals surface area contributed by atoms with Gasteiger partial charge in [0.1, 0.15) is 12.4 Å². The molecule has 1 aromatic rings. The van der Waals surface area contributed by atoms with Gasteiger partial charge in [0.05, 0.1) is 0 Å². The standard InChI is InChI=1S/C15H23N3O2/c16-17-15(19)13-6-5-7-14(12-13)20-11-10-18-8-3-1-2-4-9-18/h5-7,12H,1-4,8-11,16H2,(H,17,19). The van der Waals surface area contributed by atoms with E-state index < -0.39 is 0 Å². The number of nitrogens with one attached hydrogen (secondary N) is 1. The second kappa shape index (κ2) is 7.87. The van der Waals surface area contributed by atoms with E-state index in [1.807, 2.05) is 6.07 Å². The molecule has 5 nitrogen and oxygen atoms in total. The van der Waals surface area contributed by atoms with Crippen LogP contribution in [0.3, 0.4) is 0 Å². The van der Waals surface area contributed by atoms with Gasteiger partial charge in [-0.1, -0.05) is 18.9 Å². The lowest BCUT2D eigenvalue weighted by atomic mass is 10.2. The average molecular weight is 277 g/mol. The number of amides is 1. The lowest BCUT2D eigenvalue weighted by Gasteiger charge is -2.19. The van der Waals surface area contributed by atoms with E-state index in [-0.39, 0.29) is 5.91 Å². The van der Waals surface area contributed by atoms with Crippen LogP contribution < -0.4 is 16.0 Å². The Bertz CT molecular complexity index is 429. The van der Waals surface area contributed by atoms with Crippen LogP contribution >= 0.6 is 0 Å². The van der Waals surface area contributed by atoms with Gasteiger partial charge in [-0.05, 0) is 44.1 Å². The number of ether oxygens (including phenoxy) is 1. The molecule has 0 saturated carbocycles. The molecule has 1 amide bonds. The number of benzene rings is 1. The highest BCUT2D eigenvalue weighted by molar-refractivity contribution is 5.94. The van der Waals surface area contributed by atoms with Crippen molar-refractivity contribution in [1.82, 2.24) is 10.3 Å². The van der Waals surface area contributed by atoms with Crippen LogP contribution in [0.4, 0.5) is 0 Å². The van der Waals surface area contributed by atoms with E-state index >= 15 is 0 Å². The smallest absolute Gasteiger partial charge is 0.265 e. The number of rotatable bonds is 5. The summed E-state index contributed by atoms with van der Waals surface area (Å²) in [5.41, 5.74) is 2.63. The van der Waals surface area contributed by atoms with E-state index in [1.54, 1.807) is 18.2 Å². The van der Waals surface area contributed by atoms with Crippen molar-refractivity contribution in [3.05, 3.63) is 29.8 Å². The molecule has 1 heterocycles. The second-order valence-corrected chi connectivity index (χ2v) is 5.11. The van der Waals surface area contributed by atoms with Gasteiger partial charge >= 0.3 is 0 Å². The number of hydrogen-bond donors (Lipinski definition) is 2. The largest absolute Gasteiger partial charge is 0.492 e. The van der Waals surface area contributed by atoms with E-state index in [9.17, 15) is 4.79 Å². The average Bonchev–Trinajstić information content (AvgIpc) is 2.75. The third-order valence-corrected chi connectivity index (χ3v) is 3.60. The first kappa shape index (κ1) is 14.8. The first-order valence-electron chi connectivity index (χ1n) is 7.26. The van der Waals surface area contributed by atoms with Crippen LogP contribution in [0.5, 0.6) is 5.75 Å². The van der Waals surface area contributed by atoms with Crippen molar-refractivity contribution in [1.29, 1.82) is 0 Å². The molecule has 1 saturated heterocycles. The van der Waals surface area contributed by atoms with Gasteiger partial charge < -0.3 is 4.74 Å². The monoisotopic (exact) mass is 277 g/mol. The number of nitrogens with two attached hydrogens (primary N) is 1. The zero-order valence-corrected chi connectivity index (χ0v) is 11.8. The molecule has 0 bridgehead atoms. The molecule has 0 aliphatic carbocycles. The molecular weight excluding hydrogens is 254 g/mol. The molecule has 0 spiro atoms. The van der Waals surface area contributed by atoms with Crippen molar-refractivity contribution >= 4 is 5.91 Å². The number of nitrogens with zero attached hydrogens (tertiary/aromatic N) is 1. The Morgan fingerprint density at radius 1 is 1.25 bits per heavy atom. The van der Waals surface area contributed by atoms with Gasteiger partial charge in [0.25, 0.3) is 5.91 Å². The highest BCUT2D eigenvalue weighted by Crippen LogP contribution is 2.14. The molecule has 0 radical (unpaired) electrons. The van der Waals surface area contributed by atoms with Gasteiger partial charge in [-0.15, -0.1) is 0 Å². The zero-order chi connectivity index (χ0) is 14.2. The minimum absolute atomic E-state index is 0.303. The molecule has 2 rings (SSSR count). The lowest BCUT2D eigenvalue weighted by Crippen LogP contribution is -2.30. The van der Waals surface area contributed by atoms with E-state index in [0.29, 0.717) is 17.9 Å². The van der Waals surface area contributed by atoms with Crippen molar-refractivity contribution in [2.45, 2.75) is 25.7 Å². The minimum Gasteiger partial charge on any atom is -0.492 e. The zero-order valence-electron chi connectivity index (χ0n) is 11.8. The number of likely N-dealkylation sites (tertiary alicyclic amines) is 1. The van der Waals surface area contributed by atoms with Crippen LogP contribution in [-0.2, 0) is 0 Å². The van der Waals surface area contributed by atoms with E-state index in [4.69, 9.17) is 10.6 Å². The van der Waals surface area contributed by atoms with E-state index in [0.717, 1.165) is 6.54 Å². The van der Waals surface area contributed by atoms with Crippen molar-refractivity contribution in [2.75, 3.05) is 26.2 Å². The van der Waals surface area contributed by atoms with Crippen LogP contribution in [0.15, 0.2) is 24.3 Å². The van der Waals surface area contributed by atoms with E-state index in [1.165, 1.54) is 38.8 Å². The Balaban J connectivity index is 1.80. The summed E-state index contributed by atoms with van der Waals surface area (Å²) in [5.74, 6) is 5.53. The number of carbonyl (C=O) groups is 1. The first-order chi connectivity index (χ1) is 9.79. The molecule has 5 heteroatoms.